The Morgan fingerprint density at radius 2 is 1.80 bits per heavy atom. The fourth-order valence-electron chi connectivity index (χ4n) is 1.90. The maximum Gasteiger partial charge on any atom is 0.416 e. The predicted molar refractivity (Wildman–Crippen MR) is 74.4 cm³/mol. The molecule has 0 saturated heterocycles. The molecule has 0 amide bonds. The van der Waals surface area contributed by atoms with Crippen LogP contribution in [0.15, 0.2) is 42.5 Å². The third kappa shape index (κ3) is 3.23. The summed E-state index contributed by atoms with van der Waals surface area (Å²) in [5, 5.41) is 3.10. The molecule has 2 aromatic rings. The van der Waals surface area contributed by atoms with Crippen molar-refractivity contribution in [3.63, 3.8) is 0 Å². The van der Waals surface area contributed by atoms with E-state index in [1.165, 1.54) is 6.07 Å². The van der Waals surface area contributed by atoms with E-state index < -0.39 is 11.7 Å². The molecule has 0 aliphatic heterocycles. The third-order valence-electron chi connectivity index (χ3n) is 3.11. The molecule has 3 N–H and O–H groups in total. The number of nitrogen functional groups attached to an aromatic ring is 1. The van der Waals surface area contributed by atoms with E-state index in [2.05, 4.69) is 5.32 Å². The van der Waals surface area contributed by atoms with Crippen LogP contribution in [0, 0.1) is 6.92 Å². The highest BCUT2D eigenvalue weighted by Gasteiger charge is 2.30. The number of anilines is 2. The lowest BCUT2D eigenvalue weighted by Crippen LogP contribution is -2.07. The summed E-state index contributed by atoms with van der Waals surface area (Å²) in [5.74, 6) is 0. The van der Waals surface area contributed by atoms with Crippen molar-refractivity contribution < 1.29 is 13.2 Å². The summed E-state index contributed by atoms with van der Waals surface area (Å²) in [6.45, 7) is 2.18. The quantitative estimate of drug-likeness (QED) is 0.827. The Hall–Kier alpha value is -2.17. The van der Waals surface area contributed by atoms with E-state index in [0.717, 1.165) is 23.4 Å². The van der Waals surface area contributed by atoms with Gasteiger partial charge in [-0.25, -0.2) is 0 Å². The Morgan fingerprint density at radius 1 is 1.10 bits per heavy atom. The summed E-state index contributed by atoms with van der Waals surface area (Å²) in [7, 11) is 0. The van der Waals surface area contributed by atoms with Gasteiger partial charge in [-0.3, -0.25) is 0 Å². The lowest BCUT2D eigenvalue weighted by molar-refractivity contribution is -0.137. The van der Waals surface area contributed by atoms with Gasteiger partial charge in [0.2, 0.25) is 0 Å². The number of nitrogens with one attached hydrogen (secondary N) is 1. The van der Waals surface area contributed by atoms with E-state index in [-0.39, 0.29) is 0 Å². The minimum Gasteiger partial charge on any atom is -0.398 e. The maximum atomic E-state index is 12.6. The first-order valence-electron chi connectivity index (χ1n) is 6.13. The topological polar surface area (TPSA) is 38.0 Å². The maximum absolute atomic E-state index is 12.6. The summed E-state index contributed by atoms with van der Waals surface area (Å²) in [5.41, 5.74) is 8.08. The minimum atomic E-state index is -4.32. The van der Waals surface area contributed by atoms with Gasteiger partial charge < -0.3 is 11.1 Å². The van der Waals surface area contributed by atoms with Crippen molar-refractivity contribution in [3.8, 4) is 0 Å². The Kier molecular flexibility index (Phi) is 3.88. The van der Waals surface area contributed by atoms with E-state index in [0.29, 0.717) is 17.8 Å². The van der Waals surface area contributed by atoms with Crippen LogP contribution in [0.5, 0.6) is 0 Å². The summed E-state index contributed by atoms with van der Waals surface area (Å²) in [6.07, 6.45) is -4.32. The zero-order chi connectivity index (χ0) is 14.8. The molecule has 0 fully saturated rings. The molecule has 2 rings (SSSR count). The summed E-state index contributed by atoms with van der Waals surface area (Å²) >= 11 is 0. The highest BCUT2D eigenvalue weighted by molar-refractivity contribution is 5.62. The molecular weight excluding hydrogens is 265 g/mol. The second-order valence-corrected chi connectivity index (χ2v) is 4.57. The van der Waals surface area contributed by atoms with Gasteiger partial charge >= 0.3 is 6.18 Å². The molecule has 0 heterocycles. The van der Waals surface area contributed by atoms with Gasteiger partial charge in [-0.1, -0.05) is 18.2 Å². The molecule has 5 heteroatoms. The second kappa shape index (κ2) is 5.45. The zero-order valence-corrected chi connectivity index (χ0v) is 11.0. The van der Waals surface area contributed by atoms with Gasteiger partial charge in [0, 0.05) is 17.9 Å². The highest BCUT2D eigenvalue weighted by atomic mass is 19.4. The number of rotatable bonds is 3. The van der Waals surface area contributed by atoms with Crippen LogP contribution < -0.4 is 11.1 Å². The Morgan fingerprint density at radius 3 is 2.50 bits per heavy atom. The molecule has 0 spiro atoms. The molecule has 20 heavy (non-hydrogen) atoms. The van der Waals surface area contributed by atoms with Gasteiger partial charge in [0.25, 0.3) is 0 Å². The number of hydrogen-bond acceptors (Lipinski definition) is 2. The minimum absolute atomic E-state index is 0.314. The molecule has 0 atom stereocenters. The van der Waals surface area contributed by atoms with Gasteiger partial charge in [0.15, 0.2) is 0 Å². The van der Waals surface area contributed by atoms with Crippen molar-refractivity contribution in [2.45, 2.75) is 19.6 Å². The van der Waals surface area contributed by atoms with Crippen molar-refractivity contribution in [3.05, 3.63) is 59.2 Å². The number of alkyl halides is 3. The fraction of sp³-hybridized carbons (Fsp3) is 0.200. The largest absolute Gasteiger partial charge is 0.416 e. The van der Waals surface area contributed by atoms with Gasteiger partial charge in [-0.05, 0) is 42.3 Å². The molecule has 2 aromatic carbocycles. The highest BCUT2D eigenvalue weighted by Crippen LogP contribution is 2.29. The average Bonchev–Trinajstić information content (AvgIpc) is 2.40. The molecule has 0 aromatic heterocycles. The molecule has 0 aliphatic carbocycles. The average molecular weight is 280 g/mol. The molecule has 0 bridgehead atoms. The molecule has 0 unspecified atom stereocenters. The van der Waals surface area contributed by atoms with Crippen LogP contribution in [0.1, 0.15) is 16.7 Å². The number of nitrogens with two attached hydrogens (primary N) is 1. The van der Waals surface area contributed by atoms with Gasteiger partial charge in [0.05, 0.1) is 5.56 Å². The van der Waals surface area contributed by atoms with Crippen molar-refractivity contribution in [1.82, 2.24) is 0 Å². The van der Waals surface area contributed by atoms with Crippen LogP contribution in [-0.2, 0) is 12.7 Å². The summed E-state index contributed by atoms with van der Waals surface area (Å²) in [6, 6.07) is 10.7. The summed E-state index contributed by atoms with van der Waals surface area (Å²) < 4.78 is 37.8. The first-order chi connectivity index (χ1) is 9.38. The van der Waals surface area contributed by atoms with E-state index in [4.69, 9.17) is 5.73 Å². The Bertz CT molecular complexity index is 606. The first-order valence-corrected chi connectivity index (χ1v) is 6.13. The van der Waals surface area contributed by atoms with Crippen molar-refractivity contribution >= 4 is 11.4 Å². The van der Waals surface area contributed by atoms with E-state index in [1.807, 2.05) is 13.0 Å². The van der Waals surface area contributed by atoms with Crippen LogP contribution in [-0.4, -0.2) is 0 Å². The standard InChI is InChI=1S/C15H15F3N2/c1-10-13(19)6-3-7-14(10)20-9-11-4-2-5-12(8-11)15(16,17)18/h2-8,20H,9,19H2,1H3. The second-order valence-electron chi connectivity index (χ2n) is 4.57. The van der Waals surface area contributed by atoms with Crippen molar-refractivity contribution in [2.24, 2.45) is 0 Å². The molecule has 106 valence electrons. The van der Waals surface area contributed by atoms with Crippen LogP contribution >= 0.6 is 0 Å². The fourth-order valence-corrected chi connectivity index (χ4v) is 1.90. The SMILES string of the molecule is Cc1c(N)cccc1NCc1cccc(C(F)(F)F)c1. The lowest BCUT2D eigenvalue weighted by Gasteiger charge is -2.12. The van der Waals surface area contributed by atoms with Crippen molar-refractivity contribution in [2.75, 3.05) is 11.1 Å². The monoisotopic (exact) mass is 280 g/mol. The van der Waals surface area contributed by atoms with Crippen LogP contribution in [0.2, 0.25) is 0 Å². The molecular formula is C15H15F3N2. The summed E-state index contributed by atoms with van der Waals surface area (Å²) in [4.78, 5) is 0. The normalized spacial score (nSPS) is 11.4. The molecule has 2 nitrogen and oxygen atoms in total. The lowest BCUT2D eigenvalue weighted by atomic mass is 10.1. The molecule has 0 saturated carbocycles. The van der Waals surface area contributed by atoms with Crippen LogP contribution in [0.4, 0.5) is 24.5 Å². The first kappa shape index (κ1) is 14.2. The number of halogens is 3. The number of benzene rings is 2. The van der Waals surface area contributed by atoms with Crippen LogP contribution in [0.3, 0.4) is 0 Å². The van der Waals surface area contributed by atoms with Gasteiger partial charge in [-0.15, -0.1) is 0 Å². The zero-order valence-electron chi connectivity index (χ0n) is 11.0. The number of hydrogen-bond donors (Lipinski definition) is 2. The van der Waals surface area contributed by atoms with E-state index in [9.17, 15) is 13.2 Å². The molecule has 0 aliphatic rings. The van der Waals surface area contributed by atoms with E-state index in [1.54, 1.807) is 18.2 Å². The predicted octanol–water partition coefficient (Wildman–Crippen LogP) is 4.21. The van der Waals surface area contributed by atoms with Crippen molar-refractivity contribution in [1.29, 1.82) is 0 Å². The van der Waals surface area contributed by atoms with E-state index >= 15 is 0 Å². The molecule has 0 radical (unpaired) electrons. The smallest absolute Gasteiger partial charge is 0.398 e. The Labute approximate surface area is 115 Å². The van der Waals surface area contributed by atoms with Gasteiger partial charge in [-0.2, -0.15) is 13.2 Å². The van der Waals surface area contributed by atoms with Gasteiger partial charge in [0.1, 0.15) is 0 Å². The third-order valence-corrected chi connectivity index (χ3v) is 3.11. The Balaban J connectivity index is 2.13. The van der Waals surface area contributed by atoms with Crippen LogP contribution in [0.25, 0.3) is 0 Å².